The van der Waals surface area contributed by atoms with Crippen LogP contribution in [0.2, 0.25) is 0 Å². The van der Waals surface area contributed by atoms with E-state index in [4.69, 9.17) is 0 Å². The Balaban J connectivity index is 1.62. The molecule has 4 rings (SSSR count). The second-order valence-electron chi connectivity index (χ2n) is 13.3. The van der Waals surface area contributed by atoms with Crippen molar-refractivity contribution in [2.45, 2.75) is 112 Å². The van der Waals surface area contributed by atoms with Crippen molar-refractivity contribution >= 4 is 17.3 Å². The van der Waals surface area contributed by atoms with Crippen molar-refractivity contribution in [1.29, 1.82) is 0 Å². The van der Waals surface area contributed by atoms with Gasteiger partial charge < -0.3 is 0 Å². The van der Waals surface area contributed by atoms with E-state index >= 15 is 0 Å². The predicted octanol–water partition coefficient (Wildman–Crippen LogP) is 9.83. The van der Waals surface area contributed by atoms with Crippen LogP contribution in [-0.2, 0) is 35.3 Å². The van der Waals surface area contributed by atoms with E-state index in [1.165, 1.54) is 45.9 Å². The maximum absolute atomic E-state index is 13.8. The largest absolute Gasteiger partial charge is 0.300 e. The molecule has 3 heteroatoms. The van der Waals surface area contributed by atoms with E-state index in [2.05, 4.69) is 89.2 Å². The van der Waals surface area contributed by atoms with Crippen LogP contribution < -0.4 is 0 Å². The first-order valence-corrected chi connectivity index (χ1v) is 17.0. The van der Waals surface area contributed by atoms with E-state index in [-0.39, 0.29) is 41.5 Å². The van der Waals surface area contributed by atoms with Gasteiger partial charge in [0.25, 0.3) is 0 Å². The number of hydrogen-bond acceptors (Lipinski definition) is 3. The average Bonchev–Trinajstić information content (AvgIpc) is 2.97. The molecule has 0 aromatic heterocycles. The van der Waals surface area contributed by atoms with Crippen LogP contribution in [0.25, 0.3) is 11.1 Å². The Morgan fingerprint density at radius 3 is 2.30 bits per heavy atom. The molecule has 44 heavy (non-hydrogen) atoms. The van der Waals surface area contributed by atoms with Gasteiger partial charge in [0.1, 0.15) is 11.6 Å². The lowest BCUT2D eigenvalue weighted by molar-refractivity contribution is -0.129. The van der Waals surface area contributed by atoms with Crippen molar-refractivity contribution in [3.63, 3.8) is 0 Å². The Bertz CT molecular complexity index is 1480. The standard InChI is InChI=1S/C41H52O3/c1-7-12-34(35(9-3)39(43)22-29(6)42)23-32-25-38-36(20-17-28(5)41(38)40(44)26-32)37-24-31(18-19-33(37)8-2)16-11-15-30-14-10-13-27(4)21-30/h10,13-14,17-21,24,32,34-35H,7-9,11-12,15-16,22-23,25-26H2,1-6H3. The first kappa shape index (κ1) is 33.6. The van der Waals surface area contributed by atoms with Gasteiger partial charge in [0.15, 0.2) is 5.78 Å². The molecule has 1 aliphatic rings. The van der Waals surface area contributed by atoms with E-state index in [0.717, 1.165) is 68.9 Å². The van der Waals surface area contributed by atoms with Crippen LogP contribution in [0, 0.1) is 31.6 Å². The van der Waals surface area contributed by atoms with Crippen molar-refractivity contribution in [3.8, 4) is 11.1 Å². The van der Waals surface area contributed by atoms with Crippen molar-refractivity contribution < 1.29 is 14.4 Å². The zero-order valence-electron chi connectivity index (χ0n) is 27.9. The van der Waals surface area contributed by atoms with E-state index in [9.17, 15) is 14.4 Å². The third kappa shape index (κ3) is 8.23. The summed E-state index contributed by atoms with van der Waals surface area (Å²) in [5.41, 5.74) is 11.0. The van der Waals surface area contributed by atoms with E-state index < -0.39 is 0 Å². The Morgan fingerprint density at radius 2 is 1.64 bits per heavy atom. The summed E-state index contributed by atoms with van der Waals surface area (Å²) < 4.78 is 0. The number of Topliss-reactive ketones (excluding diaryl/α,β-unsaturated/α-hetero) is 3. The highest BCUT2D eigenvalue weighted by atomic mass is 16.1. The Morgan fingerprint density at radius 1 is 0.886 bits per heavy atom. The molecule has 3 aromatic rings. The van der Waals surface area contributed by atoms with Crippen LogP contribution in [0.5, 0.6) is 0 Å². The van der Waals surface area contributed by atoms with Crippen LogP contribution in [-0.4, -0.2) is 17.3 Å². The molecule has 0 aliphatic heterocycles. The van der Waals surface area contributed by atoms with Gasteiger partial charge in [-0.1, -0.05) is 93.8 Å². The van der Waals surface area contributed by atoms with Crippen LogP contribution in [0.1, 0.15) is 116 Å². The fourth-order valence-electron chi connectivity index (χ4n) is 7.69. The van der Waals surface area contributed by atoms with Gasteiger partial charge in [0.2, 0.25) is 0 Å². The highest BCUT2D eigenvalue weighted by Crippen LogP contribution is 2.41. The van der Waals surface area contributed by atoms with Gasteiger partial charge in [-0.05, 0) is 116 Å². The number of aryl methyl sites for hydroxylation is 5. The van der Waals surface area contributed by atoms with Gasteiger partial charge in [0.05, 0.1) is 6.42 Å². The Labute approximate surface area is 265 Å². The molecule has 0 bridgehead atoms. The molecule has 0 radical (unpaired) electrons. The molecule has 0 saturated carbocycles. The Hall–Kier alpha value is -3.33. The molecule has 3 atom stereocenters. The summed E-state index contributed by atoms with van der Waals surface area (Å²) in [7, 11) is 0. The monoisotopic (exact) mass is 592 g/mol. The summed E-state index contributed by atoms with van der Waals surface area (Å²) in [5.74, 6) is 0.539. The van der Waals surface area contributed by atoms with Crippen molar-refractivity contribution in [1.82, 2.24) is 0 Å². The fourth-order valence-corrected chi connectivity index (χ4v) is 7.69. The topological polar surface area (TPSA) is 51.2 Å². The van der Waals surface area contributed by atoms with Gasteiger partial charge >= 0.3 is 0 Å². The number of rotatable bonds is 15. The summed E-state index contributed by atoms with van der Waals surface area (Å²) in [6.45, 7) is 12.2. The molecule has 0 N–H and O–H groups in total. The summed E-state index contributed by atoms with van der Waals surface area (Å²) in [4.78, 5) is 38.6. The minimum atomic E-state index is -0.115. The highest BCUT2D eigenvalue weighted by Gasteiger charge is 2.34. The van der Waals surface area contributed by atoms with E-state index in [1.807, 2.05) is 0 Å². The molecule has 0 amide bonds. The second kappa shape index (κ2) is 15.6. The van der Waals surface area contributed by atoms with Gasteiger partial charge in [-0.15, -0.1) is 0 Å². The first-order valence-electron chi connectivity index (χ1n) is 17.0. The molecule has 0 fully saturated rings. The number of carbonyl (C=O) groups excluding carboxylic acids is 3. The predicted molar refractivity (Wildman–Crippen MR) is 182 cm³/mol. The minimum Gasteiger partial charge on any atom is -0.300 e. The molecule has 3 unspecified atom stereocenters. The molecule has 3 nitrogen and oxygen atoms in total. The van der Waals surface area contributed by atoms with Crippen molar-refractivity contribution in [3.05, 3.63) is 93.5 Å². The number of hydrogen-bond donors (Lipinski definition) is 0. The first-order chi connectivity index (χ1) is 21.1. The number of ketones is 3. The molecule has 0 heterocycles. The van der Waals surface area contributed by atoms with Crippen molar-refractivity contribution in [2.75, 3.05) is 0 Å². The van der Waals surface area contributed by atoms with Crippen LogP contribution in [0.15, 0.2) is 54.6 Å². The average molecular weight is 593 g/mol. The molecule has 234 valence electrons. The third-order valence-electron chi connectivity index (χ3n) is 9.77. The Kier molecular flexibility index (Phi) is 11.9. The van der Waals surface area contributed by atoms with Gasteiger partial charge in [-0.3, -0.25) is 14.4 Å². The van der Waals surface area contributed by atoms with Gasteiger partial charge in [-0.2, -0.15) is 0 Å². The molecular formula is C41H52O3. The highest BCUT2D eigenvalue weighted by molar-refractivity contribution is 6.02. The minimum absolute atomic E-state index is 0.0234. The van der Waals surface area contributed by atoms with Crippen LogP contribution >= 0.6 is 0 Å². The molecular weight excluding hydrogens is 540 g/mol. The number of carbonyl (C=O) groups is 3. The molecule has 1 aliphatic carbocycles. The van der Waals surface area contributed by atoms with Crippen LogP contribution in [0.4, 0.5) is 0 Å². The molecule has 0 saturated heterocycles. The maximum Gasteiger partial charge on any atom is 0.163 e. The van der Waals surface area contributed by atoms with Crippen LogP contribution in [0.3, 0.4) is 0 Å². The molecule has 0 spiro atoms. The lowest BCUT2D eigenvalue weighted by Crippen LogP contribution is -2.30. The van der Waals surface area contributed by atoms with Crippen molar-refractivity contribution in [2.24, 2.45) is 17.8 Å². The summed E-state index contributed by atoms with van der Waals surface area (Å²) >= 11 is 0. The maximum atomic E-state index is 13.8. The number of benzene rings is 3. The van der Waals surface area contributed by atoms with E-state index in [1.54, 1.807) is 0 Å². The second-order valence-corrected chi connectivity index (χ2v) is 13.3. The van der Waals surface area contributed by atoms with Gasteiger partial charge in [-0.25, -0.2) is 0 Å². The summed E-state index contributed by atoms with van der Waals surface area (Å²) in [6.07, 6.45) is 9.08. The number of fused-ring (bicyclic) bond motifs is 1. The zero-order valence-corrected chi connectivity index (χ0v) is 27.9. The lowest BCUT2D eigenvalue weighted by atomic mass is 9.71. The SMILES string of the molecule is CCCC(CC1CC(=O)c2c(C)ccc(-c3cc(CCCc4cccc(C)c4)ccc3CC)c2C1)C(CC)C(=O)CC(C)=O. The molecule has 3 aromatic carbocycles. The summed E-state index contributed by atoms with van der Waals surface area (Å²) in [6, 6.07) is 20.1. The smallest absolute Gasteiger partial charge is 0.163 e. The normalized spacial score (nSPS) is 16.0. The summed E-state index contributed by atoms with van der Waals surface area (Å²) in [5, 5.41) is 0. The van der Waals surface area contributed by atoms with E-state index in [0.29, 0.717) is 6.42 Å². The van der Waals surface area contributed by atoms with Gasteiger partial charge in [0, 0.05) is 17.9 Å². The third-order valence-corrected chi connectivity index (χ3v) is 9.77. The quantitative estimate of drug-likeness (QED) is 0.165. The fraction of sp³-hybridized carbons (Fsp3) is 0.488. The zero-order chi connectivity index (χ0) is 31.8. The lowest BCUT2D eigenvalue weighted by Gasteiger charge is -2.33.